The molecule has 0 spiro atoms. The van der Waals surface area contributed by atoms with Gasteiger partial charge in [-0.25, -0.2) is 0 Å². The number of ether oxygens (including phenoxy) is 2. The Morgan fingerprint density at radius 1 is 1.45 bits per heavy atom. The molecule has 0 aliphatic rings. The van der Waals surface area contributed by atoms with Crippen LogP contribution in [0.2, 0.25) is 0 Å². The SMILES string of the molecule is C=CCNC(=O)C(C)Oc1cc(CNC)ccc1OC. The number of amides is 1. The first kappa shape index (κ1) is 16.0. The van der Waals surface area contributed by atoms with E-state index in [0.29, 0.717) is 18.0 Å². The van der Waals surface area contributed by atoms with Crippen LogP contribution in [0, 0.1) is 0 Å². The third kappa shape index (κ3) is 4.59. The molecule has 1 atom stereocenters. The van der Waals surface area contributed by atoms with Crippen LogP contribution in [0.1, 0.15) is 12.5 Å². The van der Waals surface area contributed by atoms with Crippen molar-refractivity contribution in [3.63, 3.8) is 0 Å². The van der Waals surface area contributed by atoms with Crippen molar-refractivity contribution >= 4 is 5.91 Å². The van der Waals surface area contributed by atoms with Crippen LogP contribution >= 0.6 is 0 Å². The van der Waals surface area contributed by atoms with E-state index in [2.05, 4.69) is 17.2 Å². The maximum absolute atomic E-state index is 11.8. The molecule has 20 heavy (non-hydrogen) atoms. The zero-order valence-corrected chi connectivity index (χ0v) is 12.2. The lowest BCUT2D eigenvalue weighted by molar-refractivity contribution is -0.127. The minimum atomic E-state index is -0.603. The number of rotatable bonds is 8. The molecule has 1 aromatic carbocycles. The molecule has 1 amide bonds. The quantitative estimate of drug-likeness (QED) is 0.707. The van der Waals surface area contributed by atoms with Gasteiger partial charge in [0.1, 0.15) is 0 Å². The molecular formula is C15H22N2O3. The standard InChI is InChI=1S/C15H22N2O3/c1-5-8-17-15(18)11(2)20-14-9-12(10-16-3)6-7-13(14)19-4/h5-7,9,11,16H,1,8,10H2,2-4H3,(H,17,18). The van der Waals surface area contributed by atoms with E-state index in [-0.39, 0.29) is 5.91 Å². The van der Waals surface area contributed by atoms with E-state index >= 15 is 0 Å². The topological polar surface area (TPSA) is 59.6 Å². The third-order valence-electron chi connectivity index (χ3n) is 2.70. The van der Waals surface area contributed by atoms with Gasteiger partial charge in [0.25, 0.3) is 5.91 Å². The van der Waals surface area contributed by atoms with Crippen molar-refractivity contribution < 1.29 is 14.3 Å². The Morgan fingerprint density at radius 2 is 2.20 bits per heavy atom. The molecule has 0 bridgehead atoms. The van der Waals surface area contributed by atoms with Gasteiger partial charge in [0.2, 0.25) is 0 Å². The summed E-state index contributed by atoms with van der Waals surface area (Å²) in [5.74, 6) is 0.973. The van der Waals surface area contributed by atoms with Gasteiger partial charge in [-0.1, -0.05) is 12.1 Å². The van der Waals surface area contributed by atoms with Crippen molar-refractivity contribution in [2.24, 2.45) is 0 Å². The minimum absolute atomic E-state index is 0.189. The van der Waals surface area contributed by atoms with E-state index in [1.165, 1.54) is 0 Å². The van der Waals surface area contributed by atoms with E-state index in [0.717, 1.165) is 12.1 Å². The van der Waals surface area contributed by atoms with Crippen molar-refractivity contribution in [2.75, 3.05) is 20.7 Å². The normalized spacial score (nSPS) is 11.6. The van der Waals surface area contributed by atoms with E-state index in [4.69, 9.17) is 9.47 Å². The van der Waals surface area contributed by atoms with Gasteiger partial charge in [-0.15, -0.1) is 6.58 Å². The Kier molecular flexibility index (Phi) is 6.59. The molecular weight excluding hydrogens is 256 g/mol. The molecule has 0 radical (unpaired) electrons. The van der Waals surface area contributed by atoms with Crippen LogP contribution in [-0.2, 0) is 11.3 Å². The van der Waals surface area contributed by atoms with Crippen LogP contribution in [0.15, 0.2) is 30.9 Å². The van der Waals surface area contributed by atoms with Gasteiger partial charge in [-0.2, -0.15) is 0 Å². The molecule has 0 fully saturated rings. The maximum atomic E-state index is 11.8. The number of methoxy groups -OCH3 is 1. The number of nitrogens with one attached hydrogen (secondary N) is 2. The summed E-state index contributed by atoms with van der Waals surface area (Å²) in [4.78, 5) is 11.8. The maximum Gasteiger partial charge on any atom is 0.261 e. The number of hydrogen-bond acceptors (Lipinski definition) is 4. The smallest absolute Gasteiger partial charge is 0.261 e. The molecule has 0 aromatic heterocycles. The summed E-state index contributed by atoms with van der Waals surface area (Å²) in [6.07, 6.45) is 1.02. The zero-order valence-electron chi connectivity index (χ0n) is 12.2. The van der Waals surface area contributed by atoms with Gasteiger partial charge < -0.3 is 20.1 Å². The molecule has 1 rings (SSSR count). The molecule has 110 valence electrons. The second kappa shape index (κ2) is 8.22. The Balaban J connectivity index is 2.80. The first-order valence-corrected chi connectivity index (χ1v) is 6.49. The van der Waals surface area contributed by atoms with Gasteiger partial charge >= 0.3 is 0 Å². The highest BCUT2D eigenvalue weighted by molar-refractivity contribution is 5.80. The highest BCUT2D eigenvalue weighted by Gasteiger charge is 2.16. The van der Waals surface area contributed by atoms with Crippen molar-refractivity contribution in [1.82, 2.24) is 10.6 Å². The molecule has 0 aliphatic carbocycles. The number of benzene rings is 1. The van der Waals surface area contributed by atoms with Crippen LogP contribution in [0.25, 0.3) is 0 Å². The van der Waals surface area contributed by atoms with Gasteiger partial charge in [0, 0.05) is 13.1 Å². The van der Waals surface area contributed by atoms with E-state index in [9.17, 15) is 4.79 Å². The lowest BCUT2D eigenvalue weighted by atomic mass is 10.2. The molecule has 0 saturated carbocycles. The highest BCUT2D eigenvalue weighted by Crippen LogP contribution is 2.29. The number of carbonyl (C=O) groups excluding carboxylic acids is 1. The van der Waals surface area contributed by atoms with Crippen LogP contribution in [-0.4, -0.2) is 32.7 Å². The Bertz CT molecular complexity index is 460. The van der Waals surface area contributed by atoms with Crippen molar-refractivity contribution in [2.45, 2.75) is 19.6 Å². The first-order chi connectivity index (χ1) is 9.62. The fraction of sp³-hybridized carbons (Fsp3) is 0.400. The van der Waals surface area contributed by atoms with E-state index in [1.54, 1.807) is 20.1 Å². The summed E-state index contributed by atoms with van der Waals surface area (Å²) in [6.45, 7) is 6.39. The lowest BCUT2D eigenvalue weighted by Gasteiger charge is -2.17. The van der Waals surface area contributed by atoms with Crippen LogP contribution in [0.4, 0.5) is 0 Å². The van der Waals surface area contributed by atoms with Gasteiger partial charge in [-0.3, -0.25) is 4.79 Å². The largest absolute Gasteiger partial charge is 0.493 e. The lowest BCUT2D eigenvalue weighted by Crippen LogP contribution is -2.36. The average molecular weight is 278 g/mol. The van der Waals surface area contributed by atoms with Crippen molar-refractivity contribution in [3.05, 3.63) is 36.4 Å². The predicted molar refractivity (Wildman–Crippen MR) is 79.1 cm³/mol. The van der Waals surface area contributed by atoms with Gasteiger partial charge in [0.05, 0.1) is 7.11 Å². The Morgan fingerprint density at radius 3 is 2.80 bits per heavy atom. The molecule has 0 saturated heterocycles. The van der Waals surface area contributed by atoms with Crippen LogP contribution in [0.5, 0.6) is 11.5 Å². The van der Waals surface area contributed by atoms with E-state index in [1.807, 2.05) is 25.2 Å². The fourth-order valence-corrected chi connectivity index (χ4v) is 1.69. The summed E-state index contributed by atoms with van der Waals surface area (Å²) in [6, 6.07) is 5.65. The van der Waals surface area contributed by atoms with Crippen molar-refractivity contribution in [3.8, 4) is 11.5 Å². The predicted octanol–water partition coefficient (Wildman–Crippen LogP) is 1.48. The van der Waals surface area contributed by atoms with Gasteiger partial charge in [0.15, 0.2) is 17.6 Å². The molecule has 1 aromatic rings. The van der Waals surface area contributed by atoms with E-state index < -0.39 is 6.10 Å². The summed E-state index contributed by atoms with van der Waals surface area (Å²) in [5, 5.41) is 5.76. The monoisotopic (exact) mass is 278 g/mol. The Labute approximate surface area is 120 Å². The second-order valence-corrected chi connectivity index (χ2v) is 4.31. The van der Waals surface area contributed by atoms with Crippen molar-refractivity contribution in [1.29, 1.82) is 0 Å². The summed E-state index contributed by atoms with van der Waals surface area (Å²) < 4.78 is 10.9. The zero-order chi connectivity index (χ0) is 15.0. The molecule has 0 aliphatic heterocycles. The second-order valence-electron chi connectivity index (χ2n) is 4.31. The fourth-order valence-electron chi connectivity index (χ4n) is 1.69. The molecule has 5 heteroatoms. The number of hydrogen-bond donors (Lipinski definition) is 2. The molecule has 1 unspecified atom stereocenters. The molecule has 0 heterocycles. The first-order valence-electron chi connectivity index (χ1n) is 6.49. The van der Waals surface area contributed by atoms with Crippen LogP contribution in [0.3, 0.4) is 0 Å². The third-order valence-corrected chi connectivity index (χ3v) is 2.70. The van der Waals surface area contributed by atoms with Crippen LogP contribution < -0.4 is 20.1 Å². The highest BCUT2D eigenvalue weighted by atomic mass is 16.5. The summed E-state index contributed by atoms with van der Waals surface area (Å²) >= 11 is 0. The number of carbonyl (C=O) groups is 1. The summed E-state index contributed by atoms with van der Waals surface area (Å²) in [5.41, 5.74) is 1.06. The average Bonchev–Trinajstić information content (AvgIpc) is 2.45. The van der Waals surface area contributed by atoms with Gasteiger partial charge in [-0.05, 0) is 31.7 Å². The Hall–Kier alpha value is -2.01. The molecule has 2 N–H and O–H groups in total. The molecule has 5 nitrogen and oxygen atoms in total. The summed E-state index contributed by atoms with van der Waals surface area (Å²) in [7, 11) is 3.44. The minimum Gasteiger partial charge on any atom is -0.493 e.